The van der Waals surface area contributed by atoms with Crippen molar-refractivity contribution in [2.75, 3.05) is 32.7 Å². The van der Waals surface area contributed by atoms with Crippen LogP contribution in [0.4, 0.5) is 8.78 Å². The zero-order valence-electron chi connectivity index (χ0n) is 17.9. The molecule has 2 N–H and O–H groups in total. The van der Waals surface area contributed by atoms with Crippen LogP contribution in [-0.2, 0) is 10.0 Å². The van der Waals surface area contributed by atoms with Crippen molar-refractivity contribution in [1.29, 1.82) is 0 Å². The standard InChI is InChI=1S/C21H27F2N5O3S/c1-15-24-13-18(26-15)32(30,31)28-11-9-27(10-12-28)21(7-2-3-8-21)14-25-20(29)19-16(22)5-4-6-17(19)23/h4-6,13H,2-3,7-12,14H2,1H3,(H,24,26)(H,25,29). The van der Waals surface area contributed by atoms with Crippen LogP contribution in [0, 0.1) is 18.6 Å². The molecule has 1 aromatic carbocycles. The third-order valence-corrected chi connectivity index (χ3v) is 8.32. The number of piperazine rings is 1. The number of nitrogens with zero attached hydrogens (tertiary/aromatic N) is 3. The summed E-state index contributed by atoms with van der Waals surface area (Å²) in [4.78, 5) is 21.5. The van der Waals surface area contributed by atoms with Crippen LogP contribution in [0.25, 0.3) is 0 Å². The fourth-order valence-electron chi connectivity index (χ4n) is 4.76. The topological polar surface area (TPSA) is 98.4 Å². The first-order chi connectivity index (χ1) is 15.2. The molecule has 0 spiro atoms. The van der Waals surface area contributed by atoms with Gasteiger partial charge >= 0.3 is 0 Å². The number of hydrogen-bond donors (Lipinski definition) is 2. The van der Waals surface area contributed by atoms with Gasteiger partial charge in [-0.2, -0.15) is 4.31 Å². The predicted octanol–water partition coefficient (Wildman–Crippen LogP) is 2.05. The molecule has 1 saturated carbocycles. The van der Waals surface area contributed by atoms with Gasteiger partial charge in [0.1, 0.15) is 23.0 Å². The van der Waals surface area contributed by atoms with Crippen LogP contribution >= 0.6 is 0 Å². The summed E-state index contributed by atoms with van der Waals surface area (Å²) in [5.41, 5.74) is -0.927. The number of carbonyl (C=O) groups is 1. The molecule has 0 atom stereocenters. The smallest absolute Gasteiger partial charge is 0.260 e. The second-order valence-electron chi connectivity index (χ2n) is 8.43. The van der Waals surface area contributed by atoms with E-state index in [-0.39, 0.29) is 17.1 Å². The number of amides is 1. The van der Waals surface area contributed by atoms with Gasteiger partial charge in [-0.25, -0.2) is 22.2 Å². The predicted molar refractivity (Wildman–Crippen MR) is 114 cm³/mol. The minimum Gasteiger partial charge on any atom is -0.350 e. The maximum atomic E-state index is 14.0. The van der Waals surface area contributed by atoms with E-state index in [1.54, 1.807) is 6.92 Å². The van der Waals surface area contributed by atoms with Crippen molar-refractivity contribution in [2.45, 2.75) is 43.2 Å². The third kappa shape index (κ3) is 4.28. The molecule has 32 heavy (non-hydrogen) atoms. The fraction of sp³-hybridized carbons (Fsp3) is 0.524. The maximum absolute atomic E-state index is 14.0. The highest BCUT2D eigenvalue weighted by Gasteiger charge is 2.42. The molecule has 1 saturated heterocycles. The number of aryl methyl sites for hydroxylation is 1. The third-order valence-electron chi connectivity index (χ3n) is 6.51. The lowest BCUT2D eigenvalue weighted by atomic mass is 9.93. The Kier molecular flexibility index (Phi) is 6.33. The summed E-state index contributed by atoms with van der Waals surface area (Å²) >= 11 is 0. The zero-order chi connectivity index (χ0) is 22.9. The van der Waals surface area contributed by atoms with Crippen LogP contribution in [0.1, 0.15) is 41.9 Å². The number of carbonyl (C=O) groups excluding carboxylic acids is 1. The van der Waals surface area contributed by atoms with Crippen molar-refractivity contribution in [3.8, 4) is 0 Å². The lowest BCUT2D eigenvalue weighted by Crippen LogP contribution is -2.60. The summed E-state index contributed by atoms with van der Waals surface area (Å²) < 4.78 is 55.1. The molecule has 1 aliphatic carbocycles. The molecule has 174 valence electrons. The Balaban J connectivity index is 1.43. The average Bonchev–Trinajstić information content (AvgIpc) is 3.42. The fourth-order valence-corrected chi connectivity index (χ4v) is 6.14. The number of rotatable bonds is 6. The Morgan fingerprint density at radius 3 is 2.34 bits per heavy atom. The van der Waals surface area contributed by atoms with Crippen LogP contribution in [0.15, 0.2) is 29.4 Å². The monoisotopic (exact) mass is 467 g/mol. The second-order valence-corrected chi connectivity index (χ2v) is 10.3. The van der Waals surface area contributed by atoms with E-state index in [1.165, 1.54) is 16.6 Å². The largest absolute Gasteiger partial charge is 0.350 e. The molecule has 1 amide bonds. The molecule has 4 rings (SSSR count). The highest BCUT2D eigenvalue weighted by molar-refractivity contribution is 7.89. The summed E-state index contributed by atoms with van der Waals surface area (Å²) in [6.07, 6.45) is 4.96. The molecule has 1 aliphatic heterocycles. The van der Waals surface area contributed by atoms with E-state index in [4.69, 9.17) is 0 Å². The van der Waals surface area contributed by atoms with E-state index in [2.05, 4.69) is 20.2 Å². The van der Waals surface area contributed by atoms with Crippen LogP contribution < -0.4 is 5.32 Å². The Morgan fingerprint density at radius 2 is 1.78 bits per heavy atom. The van der Waals surface area contributed by atoms with Gasteiger partial charge in [0, 0.05) is 38.3 Å². The minimum absolute atomic E-state index is 0.0817. The van der Waals surface area contributed by atoms with Crippen molar-refractivity contribution in [2.24, 2.45) is 0 Å². The van der Waals surface area contributed by atoms with E-state index in [0.717, 1.165) is 37.8 Å². The number of aromatic nitrogens is 2. The maximum Gasteiger partial charge on any atom is 0.260 e. The summed E-state index contributed by atoms with van der Waals surface area (Å²) in [5.74, 6) is -2.02. The summed E-state index contributed by atoms with van der Waals surface area (Å²) in [6, 6.07) is 3.34. The highest BCUT2D eigenvalue weighted by atomic mass is 32.2. The van der Waals surface area contributed by atoms with Crippen molar-refractivity contribution in [3.05, 3.63) is 47.4 Å². The molecule has 2 aromatic rings. The molecule has 0 radical (unpaired) electrons. The van der Waals surface area contributed by atoms with E-state index in [0.29, 0.717) is 32.0 Å². The van der Waals surface area contributed by atoms with Gasteiger partial charge in [0.25, 0.3) is 15.9 Å². The molecular weight excluding hydrogens is 440 g/mol. The first kappa shape index (κ1) is 22.8. The quantitative estimate of drug-likeness (QED) is 0.678. The number of H-pyrrole nitrogens is 1. The number of aromatic amines is 1. The van der Waals surface area contributed by atoms with Gasteiger partial charge in [0.15, 0.2) is 5.03 Å². The summed E-state index contributed by atoms with van der Waals surface area (Å²) in [7, 11) is -3.64. The highest BCUT2D eigenvalue weighted by Crippen LogP contribution is 2.36. The van der Waals surface area contributed by atoms with Crippen molar-refractivity contribution in [1.82, 2.24) is 24.5 Å². The number of sulfonamides is 1. The van der Waals surface area contributed by atoms with Gasteiger partial charge < -0.3 is 10.3 Å². The Morgan fingerprint density at radius 1 is 1.16 bits per heavy atom. The van der Waals surface area contributed by atoms with Gasteiger partial charge in [-0.1, -0.05) is 18.9 Å². The number of benzene rings is 1. The molecule has 2 heterocycles. The van der Waals surface area contributed by atoms with Crippen LogP contribution in [0.5, 0.6) is 0 Å². The zero-order valence-corrected chi connectivity index (χ0v) is 18.7. The van der Waals surface area contributed by atoms with Gasteiger partial charge in [0.05, 0.1) is 6.20 Å². The van der Waals surface area contributed by atoms with Gasteiger partial charge in [-0.3, -0.25) is 9.69 Å². The minimum atomic E-state index is -3.64. The molecule has 0 bridgehead atoms. The Labute approximate surface area is 186 Å². The first-order valence-electron chi connectivity index (χ1n) is 10.7. The summed E-state index contributed by atoms with van der Waals surface area (Å²) in [6.45, 7) is 3.61. The van der Waals surface area contributed by atoms with Gasteiger partial charge in [-0.05, 0) is 31.9 Å². The van der Waals surface area contributed by atoms with Crippen LogP contribution in [0.2, 0.25) is 0 Å². The average molecular weight is 468 g/mol. The second kappa shape index (κ2) is 8.87. The number of halogens is 2. The molecule has 2 fully saturated rings. The van der Waals surface area contributed by atoms with E-state index in [1.807, 2.05) is 0 Å². The van der Waals surface area contributed by atoms with Crippen LogP contribution in [0.3, 0.4) is 0 Å². The van der Waals surface area contributed by atoms with E-state index < -0.39 is 33.1 Å². The molecule has 0 unspecified atom stereocenters. The van der Waals surface area contributed by atoms with E-state index in [9.17, 15) is 22.0 Å². The normalized spacial score (nSPS) is 19.8. The summed E-state index contributed by atoms with van der Waals surface area (Å²) in [5, 5.41) is 2.81. The van der Waals surface area contributed by atoms with Crippen molar-refractivity contribution < 1.29 is 22.0 Å². The Hall–Kier alpha value is -2.37. The lowest BCUT2D eigenvalue weighted by molar-refractivity contribution is 0.0538. The molecule has 1 aromatic heterocycles. The van der Waals surface area contributed by atoms with Gasteiger partial charge in [0.2, 0.25) is 0 Å². The van der Waals surface area contributed by atoms with Crippen molar-refractivity contribution >= 4 is 15.9 Å². The van der Waals surface area contributed by atoms with Gasteiger partial charge in [-0.15, -0.1) is 0 Å². The molecule has 2 aliphatic rings. The van der Waals surface area contributed by atoms with Crippen LogP contribution in [-0.4, -0.2) is 71.8 Å². The SMILES string of the molecule is Cc1ncc(S(=O)(=O)N2CCN(C3(CNC(=O)c4c(F)cccc4F)CCCC3)CC2)[nH]1. The Bertz CT molecular complexity index is 1070. The molecular formula is C21H27F2N5O3S. The van der Waals surface area contributed by atoms with Crippen molar-refractivity contribution in [3.63, 3.8) is 0 Å². The number of imidazole rings is 1. The molecule has 11 heteroatoms. The van der Waals surface area contributed by atoms with E-state index >= 15 is 0 Å². The lowest BCUT2D eigenvalue weighted by Gasteiger charge is -2.45. The first-order valence-corrected chi connectivity index (χ1v) is 12.2. The number of nitrogens with one attached hydrogen (secondary N) is 2. The number of hydrogen-bond acceptors (Lipinski definition) is 5. The molecule has 8 nitrogen and oxygen atoms in total.